The van der Waals surface area contributed by atoms with Crippen molar-refractivity contribution >= 4 is 0 Å². The van der Waals surface area contributed by atoms with E-state index in [1.807, 2.05) is 6.92 Å². The second kappa shape index (κ2) is 2.71. The lowest BCUT2D eigenvalue weighted by atomic mass is 9.76. The van der Waals surface area contributed by atoms with Gasteiger partial charge in [0.1, 0.15) is 0 Å². The van der Waals surface area contributed by atoms with Gasteiger partial charge in [-0.2, -0.15) is 0 Å². The van der Waals surface area contributed by atoms with Crippen molar-refractivity contribution in [3.63, 3.8) is 0 Å². The molecule has 0 aromatic rings. The summed E-state index contributed by atoms with van der Waals surface area (Å²) in [5.74, 6) is 0. The molecular formula is C10H20O2. The molecule has 1 fully saturated rings. The van der Waals surface area contributed by atoms with Crippen LogP contribution in [0.1, 0.15) is 41.0 Å². The van der Waals surface area contributed by atoms with E-state index in [0.717, 1.165) is 6.42 Å². The van der Waals surface area contributed by atoms with Gasteiger partial charge in [0.15, 0.2) is 0 Å². The maximum atomic E-state index is 9.57. The van der Waals surface area contributed by atoms with E-state index in [4.69, 9.17) is 4.74 Å². The quantitative estimate of drug-likeness (QED) is 0.605. The Bertz CT molecular complexity index is 159. The highest BCUT2D eigenvalue weighted by molar-refractivity contribution is 4.97. The summed E-state index contributed by atoms with van der Waals surface area (Å²) in [5, 5.41) is 9.57. The van der Waals surface area contributed by atoms with Crippen LogP contribution < -0.4 is 0 Å². The van der Waals surface area contributed by atoms with Gasteiger partial charge in [-0.05, 0) is 19.3 Å². The van der Waals surface area contributed by atoms with E-state index in [1.165, 1.54) is 0 Å². The van der Waals surface area contributed by atoms with Gasteiger partial charge in [-0.15, -0.1) is 0 Å². The molecule has 0 saturated carbocycles. The Labute approximate surface area is 74.9 Å². The van der Waals surface area contributed by atoms with Gasteiger partial charge in [0.25, 0.3) is 0 Å². The summed E-state index contributed by atoms with van der Waals surface area (Å²) in [6.07, 6.45) is 0.431. The first-order chi connectivity index (χ1) is 5.26. The standard InChI is InChI=1S/C10H20O2/c1-7-8(11)6-10(5,12-7)9(2,3)4/h7-8,11H,6H2,1-5H3. The molecule has 0 radical (unpaired) electrons. The Morgan fingerprint density at radius 3 is 2.08 bits per heavy atom. The number of hydrogen-bond acceptors (Lipinski definition) is 2. The molecule has 1 N–H and O–H groups in total. The van der Waals surface area contributed by atoms with Crippen LogP contribution in [0.15, 0.2) is 0 Å². The molecule has 3 atom stereocenters. The topological polar surface area (TPSA) is 29.5 Å². The lowest BCUT2D eigenvalue weighted by molar-refractivity contribution is -0.0939. The highest BCUT2D eigenvalue weighted by Gasteiger charge is 2.47. The van der Waals surface area contributed by atoms with Gasteiger partial charge in [-0.25, -0.2) is 0 Å². The average Bonchev–Trinajstić information content (AvgIpc) is 2.06. The molecule has 1 aliphatic heterocycles. The van der Waals surface area contributed by atoms with Crippen molar-refractivity contribution < 1.29 is 9.84 Å². The summed E-state index contributed by atoms with van der Waals surface area (Å²) in [5.41, 5.74) is -0.0788. The van der Waals surface area contributed by atoms with Crippen LogP contribution in [0.25, 0.3) is 0 Å². The minimum atomic E-state index is -0.297. The van der Waals surface area contributed by atoms with Crippen molar-refractivity contribution in [2.75, 3.05) is 0 Å². The molecule has 0 amide bonds. The minimum absolute atomic E-state index is 0.0192. The van der Waals surface area contributed by atoms with Gasteiger partial charge in [0.05, 0.1) is 17.8 Å². The van der Waals surface area contributed by atoms with E-state index in [-0.39, 0.29) is 23.2 Å². The molecule has 0 aromatic heterocycles. The third kappa shape index (κ3) is 1.50. The van der Waals surface area contributed by atoms with E-state index in [9.17, 15) is 5.11 Å². The SMILES string of the molecule is CC1OC(C)(C(C)(C)C)CC1O. The van der Waals surface area contributed by atoms with Crippen molar-refractivity contribution in [1.29, 1.82) is 0 Å². The fourth-order valence-electron chi connectivity index (χ4n) is 1.58. The zero-order chi connectivity index (χ0) is 9.57. The van der Waals surface area contributed by atoms with E-state index >= 15 is 0 Å². The number of rotatable bonds is 0. The Hall–Kier alpha value is -0.0800. The summed E-state index contributed by atoms with van der Waals surface area (Å²) < 4.78 is 5.78. The molecule has 2 nitrogen and oxygen atoms in total. The lowest BCUT2D eigenvalue weighted by Gasteiger charge is -2.37. The Morgan fingerprint density at radius 2 is 1.92 bits per heavy atom. The normalized spacial score (nSPS) is 43.5. The first-order valence-corrected chi connectivity index (χ1v) is 4.62. The second-order valence-corrected chi connectivity index (χ2v) is 5.08. The minimum Gasteiger partial charge on any atom is -0.390 e. The first kappa shape index (κ1) is 10.0. The summed E-state index contributed by atoms with van der Waals surface area (Å²) in [7, 11) is 0. The monoisotopic (exact) mass is 172 g/mol. The van der Waals surface area contributed by atoms with Crippen molar-refractivity contribution in [1.82, 2.24) is 0 Å². The maximum absolute atomic E-state index is 9.57. The summed E-state index contributed by atoms with van der Waals surface area (Å²) >= 11 is 0. The Balaban J connectivity index is 2.77. The molecule has 1 saturated heterocycles. The predicted octanol–water partition coefficient (Wildman–Crippen LogP) is 1.96. The van der Waals surface area contributed by atoms with Crippen LogP contribution in [0.5, 0.6) is 0 Å². The Kier molecular flexibility index (Phi) is 2.26. The van der Waals surface area contributed by atoms with Gasteiger partial charge in [-0.1, -0.05) is 20.8 Å². The second-order valence-electron chi connectivity index (χ2n) is 5.08. The number of hydrogen-bond donors (Lipinski definition) is 1. The van der Waals surface area contributed by atoms with Gasteiger partial charge < -0.3 is 9.84 Å². The van der Waals surface area contributed by atoms with Gasteiger partial charge in [0, 0.05) is 6.42 Å². The largest absolute Gasteiger partial charge is 0.390 e. The molecule has 1 rings (SSSR count). The van der Waals surface area contributed by atoms with Crippen molar-refractivity contribution in [2.45, 2.75) is 58.8 Å². The third-order valence-corrected chi connectivity index (χ3v) is 3.17. The molecule has 3 unspecified atom stereocenters. The molecule has 2 heteroatoms. The van der Waals surface area contributed by atoms with Crippen molar-refractivity contribution in [3.8, 4) is 0 Å². The van der Waals surface area contributed by atoms with Crippen LogP contribution in [0, 0.1) is 5.41 Å². The Morgan fingerprint density at radius 1 is 1.42 bits per heavy atom. The summed E-state index contributed by atoms with van der Waals surface area (Å²) in [6, 6.07) is 0. The molecular weight excluding hydrogens is 152 g/mol. The molecule has 1 heterocycles. The van der Waals surface area contributed by atoms with Crippen molar-refractivity contribution in [2.24, 2.45) is 5.41 Å². The maximum Gasteiger partial charge on any atom is 0.0827 e. The summed E-state index contributed by atoms with van der Waals surface area (Å²) in [6.45, 7) is 10.5. The van der Waals surface area contributed by atoms with E-state index in [1.54, 1.807) is 0 Å². The van der Waals surface area contributed by atoms with E-state index < -0.39 is 0 Å². The van der Waals surface area contributed by atoms with E-state index in [2.05, 4.69) is 27.7 Å². The van der Waals surface area contributed by atoms with Crippen LogP contribution in [0.4, 0.5) is 0 Å². The van der Waals surface area contributed by atoms with Crippen LogP contribution in [-0.4, -0.2) is 22.9 Å². The van der Waals surface area contributed by atoms with Crippen LogP contribution in [0.3, 0.4) is 0 Å². The lowest BCUT2D eigenvalue weighted by Crippen LogP contribution is -2.39. The fourth-order valence-corrected chi connectivity index (χ4v) is 1.58. The van der Waals surface area contributed by atoms with E-state index in [0.29, 0.717) is 0 Å². The molecule has 0 aliphatic carbocycles. The highest BCUT2D eigenvalue weighted by Crippen LogP contribution is 2.43. The fraction of sp³-hybridized carbons (Fsp3) is 1.00. The molecule has 0 aromatic carbocycles. The molecule has 12 heavy (non-hydrogen) atoms. The molecule has 1 aliphatic rings. The highest BCUT2D eigenvalue weighted by atomic mass is 16.5. The molecule has 0 bridgehead atoms. The van der Waals surface area contributed by atoms with Crippen LogP contribution in [0.2, 0.25) is 0 Å². The summed E-state index contributed by atoms with van der Waals surface area (Å²) in [4.78, 5) is 0. The van der Waals surface area contributed by atoms with Crippen molar-refractivity contribution in [3.05, 3.63) is 0 Å². The van der Waals surface area contributed by atoms with Crippen LogP contribution in [-0.2, 0) is 4.74 Å². The zero-order valence-corrected chi connectivity index (χ0v) is 8.72. The predicted molar refractivity (Wildman–Crippen MR) is 49.0 cm³/mol. The number of aliphatic hydroxyl groups excluding tert-OH is 1. The average molecular weight is 172 g/mol. The number of ether oxygens (including phenoxy) is 1. The molecule has 72 valence electrons. The number of aliphatic hydroxyl groups is 1. The molecule has 0 spiro atoms. The van der Waals surface area contributed by atoms with Gasteiger partial charge >= 0.3 is 0 Å². The van der Waals surface area contributed by atoms with Gasteiger partial charge in [-0.3, -0.25) is 0 Å². The van der Waals surface area contributed by atoms with Crippen LogP contribution >= 0.6 is 0 Å². The first-order valence-electron chi connectivity index (χ1n) is 4.62. The smallest absolute Gasteiger partial charge is 0.0827 e. The zero-order valence-electron chi connectivity index (χ0n) is 8.72. The van der Waals surface area contributed by atoms with Gasteiger partial charge in [0.2, 0.25) is 0 Å². The third-order valence-electron chi connectivity index (χ3n) is 3.17.